The van der Waals surface area contributed by atoms with Crippen molar-refractivity contribution in [2.75, 3.05) is 7.11 Å². The van der Waals surface area contributed by atoms with Crippen LogP contribution < -0.4 is 0 Å². The van der Waals surface area contributed by atoms with Crippen molar-refractivity contribution in [3.8, 4) is 0 Å². The highest BCUT2D eigenvalue weighted by molar-refractivity contribution is 6.31. The molecule has 0 N–H and O–H groups in total. The summed E-state index contributed by atoms with van der Waals surface area (Å²) in [4.78, 5) is 12.2. The predicted molar refractivity (Wildman–Crippen MR) is 87.4 cm³/mol. The molecule has 1 aliphatic rings. The first-order valence-electron chi connectivity index (χ1n) is 7.80. The Balaban J connectivity index is 2.18. The van der Waals surface area contributed by atoms with Crippen LogP contribution in [0.2, 0.25) is 5.02 Å². The van der Waals surface area contributed by atoms with Crippen molar-refractivity contribution in [3.63, 3.8) is 0 Å². The van der Waals surface area contributed by atoms with Gasteiger partial charge in [0.2, 0.25) is 0 Å². The van der Waals surface area contributed by atoms with E-state index in [1.165, 1.54) is 7.11 Å². The zero-order chi connectivity index (χ0) is 18.9. The molecule has 0 heterocycles. The fourth-order valence-electron chi connectivity index (χ4n) is 3.05. The molecule has 7 heteroatoms. The Morgan fingerprint density at radius 3 is 2.32 bits per heavy atom. The summed E-state index contributed by atoms with van der Waals surface area (Å²) >= 11 is 5.78. The molecule has 1 aromatic carbocycles. The largest absolute Gasteiger partial charge is 0.460 e. The summed E-state index contributed by atoms with van der Waals surface area (Å²) in [6, 6.07) is 0. The van der Waals surface area contributed by atoms with Gasteiger partial charge in [-0.1, -0.05) is 37.6 Å². The topological polar surface area (TPSA) is 35.5 Å². The average Bonchev–Trinajstić information content (AvgIpc) is 3.10. The van der Waals surface area contributed by atoms with Crippen LogP contribution in [-0.4, -0.2) is 13.1 Å². The molecular formula is C18H20ClF3O3. The van der Waals surface area contributed by atoms with Crippen LogP contribution in [0.5, 0.6) is 0 Å². The van der Waals surface area contributed by atoms with Crippen molar-refractivity contribution in [1.29, 1.82) is 0 Å². The summed E-state index contributed by atoms with van der Waals surface area (Å²) in [5.74, 6) is -4.77. The van der Waals surface area contributed by atoms with Gasteiger partial charge < -0.3 is 9.47 Å². The molecular weight excluding hydrogens is 357 g/mol. The summed E-state index contributed by atoms with van der Waals surface area (Å²) in [5, 5.41) is -0.612. The standard InChI is InChI=1S/C18H20ClF3O3/c1-5-6-11-12(18(11,2)3)17(23)25-8-9-13(19)14(20)10(7-24-4)16(22)15(9)21/h5-6,11-12H,7-8H2,1-4H3/t11-,12+/m1/s1. The van der Waals surface area contributed by atoms with Gasteiger partial charge in [0, 0.05) is 12.7 Å². The van der Waals surface area contributed by atoms with Gasteiger partial charge in [-0.25, -0.2) is 13.2 Å². The maximum atomic E-state index is 14.2. The lowest BCUT2D eigenvalue weighted by Gasteiger charge is -2.13. The first-order chi connectivity index (χ1) is 11.7. The quantitative estimate of drug-likeness (QED) is 0.406. The van der Waals surface area contributed by atoms with Gasteiger partial charge in [0.15, 0.2) is 17.5 Å². The number of carbonyl (C=O) groups excluding carboxylic acids is 1. The third-order valence-corrected chi connectivity index (χ3v) is 5.05. The maximum Gasteiger partial charge on any atom is 0.310 e. The van der Waals surface area contributed by atoms with Crippen molar-refractivity contribution < 1.29 is 27.4 Å². The third-order valence-electron chi connectivity index (χ3n) is 4.66. The first-order valence-corrected chi connectivity index (χ1v) is 8.18. The van der Waals surface area contributed by atoms with Crippen molar-refractivity contribution in [2.24, 2.45) is 17.3 Å². The van der Waals surface area contributed by atoms with Crippen molar-refractivity contribution in [2.45, 2.75) is 34.0 Å². The zero-order valence-corrected chi connectivity index (χ0v) is 15.2. The van der Waals surface area contributed by atoms with E-state index >= 15 is 0 Å². The summed E-state index contributed by atoms with van der Waals surface area (Å²) in [5.41, 5.74) is -1.40. The summed E-state index contributed by atoms with van der Waals surface area (Å²) in [7, 11) is 1.22. The van der Waals surface area contributed by atoms with Gasteiger partial charge in [-0.3, -0.25) is 4.79 Å². The van der Waals surface area contributed by atoms with Crippen LogP contribution in [0.4, 0.5) is 13.2 Å². The summed E-state index contributed by atoms with van der Waals surface area (Å²) < 4.78 is 51.9. The molecule has 25 heavy (non-hydrogen) atoms. The molecule has 1 aromatic rings. The molecule has 3 nitrogen and oxygen atoms in total. The van der Waals surface area contributed by atoms with Crippen LogP contribution in [0.1, 0.15) is 31.9 Å². The molecule has 0 aromatic heterocycles. The molecule has 138 valence electrons. The summed E-state index contributed by atoms with van der Waals surface area (Å²) in [6.07, 6.45) is 3.74. The highest BCUT2D eigenvalue weighted by atomic mass is 35.5. The van der Waals surface area contributed by atoms with E-state index in [2.05, 4.69) is 4.74 Å². The molecule has 0 aliphatic heterocycles. The number of carbonyl (C=O) groups is 1. The number of esters is 1. The SMILES string of the molecule is CC=C[C@@H]1[C@@H](C(=O)OCc2c(F)c(F)c(COC)c(F)c2Cl)C1(C)C. The van der Waals surface area contributed by atoms with E-state index < -0.39 is 52.8 Å². The molecule has 2 atom stereocenters. The Labute approximate surface area is 149 Å². The van der Waals surface area contributed by atoms with Crippen molar-refractivity contribution >= 4 is 17.6 Å². The second-order valence-corrected chi connectivity index (χ2v) is 6.98. The Morgan fingerprint density at radius 1 is 1.16 bits per heavy atom. The van der Waals surface area contributed by atoms with Gasteiger partial charge in [0.05, 0.1) is 23.1 Å². The molecule has 1 aliphatic carbocycles. The zero-order valence-electron chi connectivity index (χ0n) is 14.5. The van der Waals surface area contributed by atoms with Crippen molar-refractivity contribution in [1.82, 2.24) is 0 Å². The van der Waals surface area contributed by atoms with Crippen LogP contribution in [0, 0.1) is 34.7 Å². The lowest BCUT2D eigenvalue weighted by atomic mass is 10.1. The van der Waals surface area contributed by atoms with Crippen LogP contribution in [-0.2, 0) is 27.5 Å². The van der Waals surface area contributed by atoms with Crippen LogP contribution >= 0.6 is 11.6 Å². The minimum absolute atomic E-state index is 0.0165. The maximum absolute atomic E-state index is 14.2. The number of halogens is 4. The third kappa shape index (κ3) is 3.55. The van der Waals surface area contributed by atoms with Gasteiger partial charge in [-0.15, -0.1) is 0 Å². The molecule has 0 radical (unpaired) electrons. The molecule has 0 bridgehead atoms. The van der Waals surface area contributed by atoms with Gasteiger partial charge in [-0.05, 0) is 18.3 Å². The fourth-order valence-corrected chi connectivity index (χ4v) is 3.30. The number of allylic oxidation sites excluding steroid dienone is 2. The molecule has 2 rings (SSSR count). The van der Waals surface area contributed by atoms with E-state index in [0.29, 0.717) is 0 Å². The number of methoxy groups -OCH3 is 1. The highest BCUT2D eigenvalue weighted by Crippen LogP contribution is 2.59. The van der Waals surface area contributed by atoms with Gasteiger partial charge >= 0.3 is 5.97 Å². The van der Waals surface area contributed by atoms with E-state index in [1.807, 2.05) is 32.9 Å². The monoisotopic (exact) mass is 376 g/mol. The molecule has 0 spiro atoms. The van der Waals surface area contributed by atoms with Gasteiger partial charge in [-0.2, -0.15) is 0 Å². The number of rotatable bonds is 6. The smallest absolute Gasteiger partial charge is 0.310 e. The van der Waals surface area contributed by atoms with Gasteiger partial charge in [0.25, 0.3) is 0 Å². The van der Waals surface area contributed by atoms with Gasteiger partial charge in [0.1, 0.15) is 6.61 Å². The predicted octanol–water partition coefficient (Wildman–Crippen LogP) is 4.80. The lowest BCUT2D eigenvalue weighted by Crippen LogP contribution is -2.13. The molecule has 0 amide bonds. The Morgan fingerprint density at radius 2 is 1.76 bits per heavy atom. The summed E-state index contributed by atoms with van der Waals surface area (Å²) in [6.45, 7) is 4.57. The normalized spacial score (nSPS) is 21.6. The van der Waals surface area contributed by atoms with Crippen molar-refractivity contribution in [3.05, 3.63) is 45.8 Å². The van der Waals surface area contributed by atoms with E-state index in [-0.39, 0.29) is 17.3 Å². The number of hydrogen-bond donors (Lipinski definition) is 0. The van der Waals surface area contributed by atoms with E-state index in [9.17, 15) is 18.0 Å². The first kappa shape index (κ1) is 19.8. The van der Waals surface area contributed by atoms with E-state index in [1.54, 1.807) is 0 Å². The van der Waals surface area contributed by atoms with Crippen LogP contribution in [0.3, 0.4) is 0 Å². The fraction of sp³-hybridized carbons (Fsp3) is 0.500. The van der Waals surface area contributed by atoms with Crippen LogP contribution in [0.25, 0.3) is 0 Å². The molecule has 1 saturated carbocycles. The molecule has 0 saturated heterocycles. The molecule has 1 fully saturated rings. The second kappa shape index (κ2) is 7.38. The number of ether oxygens (including phenoxy) is 2. The van der Waals surface area contributed by atoms with E-state index in [4.69, 9.17) is 16.3 Å². The number of hydrogen-bond acceptors (Lipinski definition) is 3. The second-order valence-electron chi connectivity index (χ2n) is 6.60. The van der Waals surface area contributed by atoms with Crippen LogP contribution in [0.15, 0.2) is 12.2 Å². The average molecular weight is 377 g/mol. The Bertz CT molecular complexity index is 687. The highest BCUT2D eigenvalue weighted by Gasteiger charge is 2.61. The number of benzene rings is 1. The minimum Gasteiger partial charge on any atom is -0.460 e. The Hall–Kier alpha value is -1.53. The minimum atomic E-state index is -1.40. The molecule has 0 unspecified atom stereocenters. The Kier molecular flexibility index (Phi) is 5.84. The lowest BCUT2D eigenvalue weighted by molar-refractivity contribution is -0.147. The van der Waals surface area contributed by atoms with E-state index in [0.717, 1.165) is 0 Å².